The topological polar surface area (TPSA) is 85.9 Å². The average molecular weight is 437 g/mol. The van der Waals surface area contributed by atoms with Crippen LogP contribution in [0.5, 0.6) is 0 Å². The van der Waals surface area contributed by atoms with Gasteiger partial charge in [-0.05, 0) is 24.1 Å². The lowest BCUT2D eigenvalue weighted by Gasteiger charge is -2.27. The van der Waals surface area contributed by atoms with Crippen LogP contribution >= 0.6 is 24.8 Å². The molecular formula is C20H26Cl2N6O. The molecule has 156 valence electrons. The highest BCUT2D eigenvalue weighted by atomic mass is 35.5. The molecule has 1 aliphatic rings. The number of nitrogens with zero attached hydrogens (tertiary/aromatic N) is 3. The number of H-pyrrole nitrogens is 1. The van der Waals surface area contributed by atoms with Crippen LogP contribution in [-0.4, -0.2) is 46.0 Å². The SMILES string of the molecule is C[C@H](Nc1ncc2ccc(=O)[nH]c2n1)c1ccc(CN2CCNCC2)cc1.Cl.Cl. The summed E-state index contributed by atoms with van der Waals surface area (Å²) < 4.78 is 0. The van der Waals surface area contributed by atoms with Gasteiger partial charge in [0.15, 0.2) is 0 Å². The summed E-state index contributed by atoms with van der Waals surface area (Å²) in [5.41, 5.74) is 2.87. The highest BCUT2D eigenvalue weighted by molar-refractivity contribution is 5.85. The van der Waals surface area contributed by atoms with Crippen LogP contribution in [0.3, 0.4) is 0 Å². The lowest BCUT2D eigenvalue weighted by molar-refractivity contribution is 0.233. The Morgan fingerprint density at radius 2 is 1.83 bits per heavy atom. The summed E-state index contributed by atoms with van der Waals surface area (Å²) in [7, 11) is 0. The molecule has 2 aromatic heterocycles. The molecule has 0 saturated carbocycles. The Hall–Kier alpha value is -2.19. The van der Waals surface area contributed by atoms with Crippen LogP contribution in [0.15, 0.2) is 47.4 Å². The zero-order chi connectivity index (χ0) is 18.6. The number of hydrogen-bond acceptors (Lipinski definition) is 6. The molecule has 1 saturated heterocycles. The Bertz CT molecular complexity index is 973. The average Bonchev–Trinajstić information content (AvgIpc) is 2.69. The van der Waals surface area contributed by atoms with Gasteiger partial charge in [-0.15, -0.1) is 24.8 Å². The molecule has 0 unspecified atom stereocenters. The van der Waals surface area contributed by atoms with Crippen LogP contribution in [0.2, 0.25) is 0 Å². The van der Waals surface area contributed by atoms with Crippen molar-refractivity contribution in [1.82, 2.24) is 25.2 Å². The van der Waals surface area contributed by atoms with Crippen molar-refractivity contribution in [2.45, 2.75) is 19.5 Å². The van der Waals surface area contributed by atoms with E-state index in [1.807, 2.05) is 0 Å². The third kappa shape index (κ3) is 5.90. The zero-order valence-corrected chi connectivity index (χ0v) is 17.9. The number of rotatable bonds is 5. The van der Waals surface area contributed by atoms with E-state index in [2.05, 4.69) is 61.7 Å². The molecule has 0 amide bonds. The third-order valence-electron chi connectivity index (χ3n) is 4.91. The Labute approximate surface area is 182 Å². The summed E-state index contributed by atoms with van der Waals surface area (Å²) in [6.45, 7) is 7.39. The van der Waals surface area contributed by atoms with Crippen molar-refractivity contribution in [2.24, 2.45) is 0 Å². The van der Waals surface area contributed by atoms with Crippen LogP contribution < -0.4 is 16.2 Å². The van der Waals surface area contributed by atoms with Gasteiger partial charge in [0, 0.05) is 50.4 Å². The summed E-state index contributed by atoms with van der Waals surface area (Å²) >= 11 is 0. The van der Waals surface area contributed by atoms with Crippen LogP contribution in [0, 0.1) is 0 Å². The number of hydrogen-bond donors (Lipinski definition) is 3. The fourth-order valence-electron chi connectivity index (χ4n) is 3.32. The molecule has 1 aliphatic heterocycles. The minimum absolute atomic E-state index is 0. The maximum absolute atomic E-state index is 11.5. The van der Waals surface area contributed by atoms with Gasteiger partial charge in [-0.1, -0.05) is 24.3 Å². The molecule has 3 aromatic rings. The van der Waals surface area contributed by atoms with Gasteiger partial charge in [0.25, 0.3) is 0 Å². The van der Waals surface area contributed by atoms with Crippen LogP contribution in [0.25, 0.3) is 11.0 Å². The van der Waals surface area contributed by atoms with Gasteiger partial charge in [-0.3, -0.25) is 9.69 Å². The second kappa shape index (κ2) is 10.5. The second-order valence-corrected chi connectivity index (χ2v) is 6.95. The molecular weight excluding hydrogens is 411 g/mol. The molecule has 0 aliphatic carbocycles. The van der Waals surface area contributed by atoms with E-state index in [-0.39, 0.29) is 36.4 Å². The van der Waals surface area contributed by atoms with E-state index >= 15 is 0 Å². The smallest absolute Gasteiger partial charge is 0.249 e. The predicted octanol–water partition coefficient (Wildman–Crippen LogP) is 2.74. The van der Waals surface area contributed by atoms with Crippen molar-refractivity contribution in [1.29, 1.82) is 0 Å². The van der Waals surface area contributed by atoms with E-state index in [1.165, 1.54) is 17.2 Å². The first-order valence-electron chi connectivity index (χ1n) is 9.32. The van der Waals surface area contributed by atoms with E-state index in [9.17, 15) is 4.79 Å². The van der Waals surface area contributed by atoms with Crippen molar-refractivity contribution in [3.63, 3.8) is 0 Å². The molecule has 4 rings (SSSR count). The summed E-state index contributed by atoms with van der Waals surface area (Å²) in [5, 5.41) is 7.50. The molecule has 29 heavy (non-hydrogen) atoms. The number of anilines is 1. The van der Waals surface area contributed by atoms with Crippen LogP contribution in [-0.2, 0) is 6.54 Å². The molecule has 1 fully saturated rings. The van der Waals surface area contributed by atoms with Crippen molar-refractivity contribution in [3.8, 4) is 0 Å². The number of aromatic nitrogens is 3. The second-order valence-electron chi connectivity index (χ2n) is 6.95. The van der Waals surface area contributed by atoms with Crippen molar-refractivity contribution in [3.05, 3.63) is 64.1 Å². The van der Waals surface area contributed by atoms with E-state index < -0.39 is 0 Å². The number of benzene rings is 1. The van der Waals surface area contributed by atoms with E-state index in [4.69, 9.17) is 0 Å². The minimum Gasteiger partial charge on any atom is -0.348 e. The lowest BCUT2D eigenvalue weighted by Crippen LogP contribution is -2.42. The molecule has 0 bridgehead atoms. The third-order valence-corrected chi connectivity index (χ3v) is 4.91. The number of nitrogens with one attached hydrogen (secondary N) is 3. The fourth-order valence-corrected chi connectivity index (χ4v) is 3.32. The minimum atomic E-state index is -0.166. The van der Waals surface area contributed by atoms with Crippen molar-refractivity contribution < 1.29 is 0 Å². The number of piperazine rings is 1. The first-order chi connectivity index (χ1) is 13.2. The van der Waals surface area contributed by atoms with Gasteiger partial charge in [0.1, 0.15) is 5.65 Å². The first kappa shape index (κ1) is 23.1. The van der Waals surface area contributed by atoms with Crippen molar-refractivity contribution in [2.75, 3.05) is 31.5 Å². The van der Waals surface area contributed by atoms with Crippen molar-refractivity contribution >= 4 is 41.8 Å². The van der Waals surface area contributed by atoms with Gasteiger partial charge in [0.2, 0.25) is 11.5 Å². The predicted molar refractivity (Wildman–Crippen MR) is 121 cm³/mol. The normalized spacial score (nSPS) is 15.2. The highest BCUT2D eigenvalue weighted by Crippen LogP contribution is 2.19. The number of pyridine rings is 1. The van der Waals surface area contributed by atoms with Crippen LogP contribution in [0.4, 0.5) is 5.95 Å². The van der Waals surface area contributed by atoms with E-state index in [0.717, 1.165) is 38.1 Å². The number of fused-ring (bicyclic) bond motifs is 1. The molecule has 9 heteroatoms. The molecule has 3 N–H and O–H groups in total. The maximum Gasteiger partial charge on any atom is 0.249 e. The van der Waals surface area contributed by atoms with Gasteiger partial charge in [-0.25, -0.2) is 4.98 Å². The fraction of sp³-hybridized carbons (Fsp3) is 0.350. The monoisotopic (exact) mass is 436 g/mol. The number of aromatic amines is 1. The first-order valence-corrected chi connectivity index (χ1v) is 9.32. The van der Waals surface area contributed by atoms with Gasteiger partial charge >= 0.3 is 0 Å². The molecule has 7 nitrogen and oxygen atoms in total. The standard InChI is InChI=1S/C20H24N6O.2ClH/c1-14(23-20-22-12-17-6-7-18(27)24-19(17)25-20)16-4-2-15(3-5-16)13-26-10-8-21-9-11-26;;/h2-7,12,14,21H,8-11,13H2,1H3,(H2,22,23,24,25,27);2*1H/t14-;;/m0../s1. The Kier molecular flexibility index (Phi) is 8.40. The van der Waals surface area contributed by atoms with E-state index in [1.54, 1.807) is 12.3 Å². The molecule has 1 aromatic carbocycles. The summed E-state index contributed by atoms with van der Waals surface area (Å²) in [5.74, 6) is 0.502. The van der Waals surface area contributed by atoms with Gasteiger partial charge < -0.3 is 15.6 Å². The quantitative estimate of drug-likeness (QED) is 0.569. The molecule has 3 heterocycles. The summed E-state index contributed by atoms with van der Waals surface area (Å²) in [6, 6.07) is 11.9. The largest absolute Gasteiger partial charge is 0.348 e. The number of halogens is 2. The Balaban J connectivity index is 0.00000150. The molecule has 1 atom stereocenters. The lowest BCUT2D eigenvalue weighted by atomic mass is 10.1. The van der Waals surface area contributed by atoms with Gasteiger partial charge in [-0.2, -0.15) is 4.98 Å². The molecule has 0 radical (unpaired) electrons. The summed E-state index contributed by atoms with van der Waals surface area (Å²) in [6.07, 6.45) is 1.71. The molecule has 0 spiro atoms. The zero-order valence-electron chi connectivity index (χ0n) is 16.2. The maximum atomic E-state index is 11.5. The Morgan fingerprint density at radius 1 is 1.10 bits per heavy atom. The van der Waals surface area contributed by atoms with E-state index in [0.29, 0.717) is 11.6 Å². The van der Waals surface area contributed by atoms with Crippen LogP contribution in [0.1, 0.15) is 24.1 Å². The summed E-state index contributed by atoms with van der Waals surface area (Å²) in [4.78, 5) is 25.4. The highest BCUT2D eigenvalue weighted by Gasteiger charge is 2.11. The van der Waals surface area contributed by atoms with Gasteiger partial charge in [0.05, 0.1) is 6.04 Å². The Morgan fingerprint density at radius 3 is 2.55 bits per heavy atom.